The number of carboxylic acid groups (broad SMARTS) is 1. The number of pyridine rings is 2. The molecule has 11 nitrogen and oxygen atoms in total. The SMILES string of the molecule is O=C(O)c1cn2c(c(O)c1=O)C(=O)N(CC1COCCO1)CN2Cc1ccccn1. The number of carboxylic acids is 1. The molecule has 1 saturated heterocycles. The molecule has 0 aliphatic carbocycles. The molecule has 11 heteroatoms. The predicted octanol–water partition coefficient (Wildman–Crippen LogP) is -0.386. The van der Waals surface area contributed by atoms with E-state index in [9.17, 15) is 24.6 Å². The zero-order valence-corrected chi connectivity index (χ0v) is 15.9. The Hall–Kier alpha value is -3.44. The van der Waals surface area contributed by atoms with Crippen LogP contribution < -0.4 is 10.4 Å². The van der Waals surface area contributed by atoms with Crippen molar-refractivity contribution in [3.05, 3.63) is 57.8 Å². The summed E-state index contributed by atoms with van der Waals surface area (Å²) in [7, 11) is 0. The van der Waals surface area contributed by atoms with Gasteiger partial charge in [-0.3, -0.25) is 24.3 Å². The van der Waals surface area contributed by atoms with Gasteiger partial charge in [0.25, 0.3) is 5.91 Å². The predicted molar refractivity (Wildman–Crippen MR) is 102 cm³/mol. The third-order valence-corrected chi connectivity index (χ3v) is 4.90. The minimum absolute atomic E-state index is 0.0731. The number of carbonyl (C=O) groups is 2. The Morgan fingerprint density at radius 2 is 2.10 bits per heavy atom. The Morgan fingerprint density at radius 1 is 1.27 bits per heavy atom. The standard InChI is InChI=1S/C19H20N4O7/c24-16-14(19(27)28)9-23-15(17(16)25)18(26)21(8-13-10-29-5-6-30-13)11-22(23)7-12-3-1-2-4-20-12/h1-4,9,13,25H,5-8,10-11H2,(H,27,28). The summed E-state index contributed by atoms with van der Waals surface area (Å²) in [4.78, 5) is 42.5. The fraction of sp³-hybridized carbons (Fsp3) is 0.368. The Kier molecular flexibility index (Phi) is 5.38. The summed E-state index contributed by atoms with van der Waals surface area (Å²) in [6.07, 6.45) is 2.32. The van der Waals surface area contributed by atoms with Crippen LogP contribution in [0.15, 0.2) is 35.4 Å². The van der Waals surface area contributed by atoms with Gasteiger partial charge >= 0.3 is 5.97 Å². The van der Waals surface area contributed by atoms with Crippen LogP contribution in [0, 0.1) is 0 Å². The first kappa shape index (κ1) is 19.9. The molecule has 0 aromatic carbocycles. The second-order valence-corrected chi connectivity index (χ2v) is 6.94. The molecule has 1 unspecified atom stereocenters. The molecular weight excluding hydrogens is 396 g/mol. The van der Waals surface area contributed by atoms with E-state index in [1.54, 1.807) is 29.4 Å². The van der Waals surface area contributed by atoms with Gasteiger partial charge in [0.15, 0.2) is 11.4 Å². The first-order chi connectivity index (χ1) is 14.5. The lowest BCUT2D eigenvalue weighted by molar-refractivity contribution is -0.0955. The van der Waals surface area contributed by atoms with Crippen LogP contribution in [-0.2, 0) is 16.0 Å². The van der Waals surface area contributed by atoms with Gasteiger partial charge in [-0.15, -0.1) is 0 Å². The fourth-order valence-electron chi connectivity index (χ4n) is 3.48. The summed E-state index contributed by atoms with van der Waals surface area (Å²) in [5.41, 5.74) is -1.39. The molecule has 0 bridgehead atoms. The molecule has 30 heavy (non-hydrogen) atoms. The van der Waals surface area contributed by atoms with Crippen molar-refractivity contribution in [2.45, 2.75) is 12.6 Å². The fourth-order valence-corrected chi connectivity index (χ4v) is 3.48. The van der Waals surface area contributed by atoms with E-state index in [0.29, 0.717) is 25.5 Å². The van der Waals surface area contributed by atoms with E-state index in [4.69, 9.17) is 9.47 Å². The molecule has 4 rings (SSSR count). The van der Waals surface area contributed by atoms with Gasteiger partial charge in [0.2, 0.25) is 5.43 Å². The molecule has 1 atom stereocenters. The summed E-state index contributed by atoms with van der Waals surface area (Å²) in [6.45, 7) is 1.68. The van der Waals surface area contributed by atoms with Crippen molar-refractivity contribution in [2.75, 3.05) is 38.0 Å². The molecule has 2 aromatic heterocycles. The number of aromatic hydroxyl groups is 1. The Balaban J connectivity index is 1.75. The molecule has 4 heterocycles. The van der Waals surface area contributed by atoms with Gasteiger partial charge in [-0.2, -0.15) is 0 Å². The number of nitrogens with zero attached hydrogens (tertiary/aromatic N) is 4. The van der Waals surface area contributed by atoms with Crippen molar-refractivity contribution in [1.29, 1.82) is 0 Å². The monoisotopic (exact) mass is 416 g/mol. The average Bonchev–Trinajstić information content (AvgIpc) is 2.74. The van der Waals surface area contributed by atoms with Crippen LogP contribution in [0.25, 0.3) is 0 Å². The number of carbonyl (C=O) groups excluding carboxylic acids is 1. The van der Waals surface area contributed by atoms with Crippen molar-refractivity contribution in [3.63, 3.8) is 0 Å². The number of hydrogen-bond donors (Lipinski definition) is 2. The molecular formula is C19H20N4O7. The van der Waals surface area contributed by atoms with Gasteiger partial charge in [-0.1, -0.05) is 6.07 Å². The largest absolute Gasteiger partial charge is 0.502 e. The quantitative estimate of drug-likeness (QED) is 0.668. The lowest BCUT2D eigenvalue weighted by Gasteiger charge is -2.41. The van der Waals surface area contributed by atoms with E-state index >= 15 is 0 Å². The molecule has 0 saturated carbocycles. The zero-order chi connectivity index (χ0) is 21.3. The maximum absolute atomic E-state index is 13.1. The van der Waals surface area contributed by atoms with Gasteiger partial charge in [-0.05, 0) is 12.1 Å². The van der Waals surface area contributed by atoms with Gasteiger partial charge < -0.3 is 24.6 Å². The average molecular weight is 416 g/mol. The molecule has 2 aliphatic heterocycles. The molecule has 0 spiro atoms. The third kappa shape index (κ3) is 3.72. The maximum atomic E-state index is 13.1. The minimum Gasteiger partial charge on any atom is -0.502 e. The van der Waals surface area contributed by atoms with Crippen LogP contribution in [0.3, 0.4) is 0 Å². The minimum atomic E-state index is -1.49. The Morgan fingerprint density at radius 3 is 2.77 bits per heavy atom. The number of ether oxygens (including phenoxy) is 2. The van der Waals surface area contributed by atoms with Crippen LogP contribution >= 0.6 is 0 Å². The van der Waals surface area contributed by atoms with E-state index in [-0.39, 0.29) is 31.6 Å². The van der Waals surface area contributed by atoms with E-state index in [1.807, 2.05) is 0 Å². The Bertz CT molecular complexity index is 1020. The van der Waals surface area contributed by atoms with Gasteiger partial charge in [0, 0.05) is 12.4 Å². The molecule has 1 fully saturated rings. The summed E-state index contributed by atoms with van der Waals surface area (Å²) in [5.74, 6) is -3.00. The first-order valence-electron chi connectivity index (χ1n) is 9.31. The summed E-state index contributed by atoms with van der Waals surface area (Å²) >= 11 is 0. The number of fused-ring (bicyclic) bond motifs is 1. The molecule has 2 aliphatic rings. The highest BCUT2D eigenvalue weighted by atomic mass is 16.6. The summed E-state index contributed by atoms with van der Waals surface area (Å²) < 4.78 is 12.2. The van der Waals surface area contributed by atoms with Crippen molar-refractivity contribution < 1.29 is 29.3 Å². The summed E-state index contributed by atoms with van der Waals surface area (Å²) in [6, 6.07) is 5.34. The number of hydrogen-bond acceptors (Lipinski definition) is 8. The summed E-state index contributed by atoms with van der Waals surface area (Å²) in [5, 5.41) is 21.3. The number of aromatic carboxylic acids is 1. The lowest BCUT2D eigenvalue weighted by atomic mass is 10.1. The van der Waals surface area contributed by atoms with E-state index in [1.165, 1.54) is 9.58 Å². The highest BCUT2D eigenvalue weighted by Crippen LogP contribution is 2.23. The van der Waals surface area contributed by atoms with Gasteiger partial charge in [-0.25, -0.2) is 4.79 Å². The van der Waals surface area contributed by atoms with Crippen LogP contribution in [-0.4, -0.2) is 75.8 Å². The number of rotatable bonds is 5. The van der Waals surface area contributed by atoms with Gasteiger partial charge in [0.05, 0.1) is 44.7 Å². The van der Waals surface area contributed by atoms with Crippen LogP contribution in [0.1, 0.15) is 26.5 Å². The smallest absolute Gasteiger partial charge is 0.341 e. The highest BCUT2D eigenvalue weighted by molar-refractivity contribution is 5.97. The van der Waals surface area contributed by atoms with Crippen LogP contribution in [0.5, 0.6) is 5.75 Å². The normalized spacial score (nSPS) is 18.9. The second-order valence-electron chi connectivity index (χ2n) is 6.94. The molecule has 1 amide bonds. The van der Waals surface area contributed by atoms with Crippen molar-refractivity contribution in [2.24, 2.45) is 0 Å². The molecule has 2 N–H and O–H groups in total. The molecule has 0 radical (unpaired) electrons. The van der Waals surface area contributed by atoms with Crippen LogP contribution in [0.4, 0.5) is 0 Å². The van der Waals surface area contributed by atoms with Crippen molar-refractivity contribution >= 4 is 11.9 Å². The number of amides is 1. The zero-order valence-electron chi connectivity index (χ0n) is 15.9. The van der Waals surface area contributed by atoms with Crippen LogP contribution in [0.2, 0.25) is 0 Å². The first-order valence-corrected chi connectivity index (χ1v) is 9.31. The van der Waals surface area contributed by atoms with E-state index in [2.05, 4.69) is 4.98 Å². The van der Waals surface area contributed by atoms with Gasteiger partial charge in [0.1, 0.15) is 12.2 Å². The Labute approximate surface area is 170 Å². The molecule has 158 valence electrons. The topological polar surface area (TPSA) is 134 Å². The third-order valence-electron chi connectivity index (χ3n) is 4.90. The second kappa shape index (κ2) is 8.13. The molecule has 2 aromatic rings. The highest BCUT2D eigenvalue weighted by Gasteiger charge is 2.36. The van der Waals surface area contributed by atoms with Crippen molar-refractivity contribution in [3.8, 4) is 5.75 Å². The van der Waals surface area contributed by atoms with Crippen molar-refractivity contribution in [1.82, 2.24) is 14.6 Å². The maximum Gasteiger partial charge on any atom is 0.341 e. The van der Waals surface area contributed by atoms with E-state index < -0.39 is 28.6 Å². The van der Waals surface area contributed by atoms with E-state index in [0.717, 1.165) is 6.20 Å². The lowest BCUT2D eigenvalue weighted by Crippen LogP contribution is -2.56. The number of aromatic nitrogens is 2.